The van der Waals surface area contributed by atoms with Gasteiger partial charge in [-0.3, -0.25) is 9.59 Å². The van der Waals surface area contributed by atoms with Gasteiger partial charge >= 0.3 is 5.97 Å². The maximum atomic E-state index is 13.0. The summed E-state index contributed by atoms with van der Waals surface area (Å²) in [6.07, 6.45) is 1.35. The molecule has 30 heavy (non-hydrogen) atoms. The maximum Gasteiger partial charge on any atom is 0.339 e. The molecule has 1 aromatic carbocycles. The predicted octanol–water partition coefficient (Wildman–Crippen LogP) is 4.01. The number of amides is 2. The first kappa shape index (κ1) is 23.2. The van der Waals surface area contributed by atoms with Gasteiger partial charge in [0.25, 0.3) is 11.8 Å². The van der Waals surface area contributed by atoms with Crippen LogP contribution in [0.4, 0.5) is 5.69 Å². The molecule has 0 fully saturated rings. The molecule has 0 aliphatic carbocycles. The van der Waals surface area contributed by atoms with Crippen LogP contribution in [0.15, 0.2) is 18.2 Å². The molecule has 0 aliphatic heterocycles. The molecule has 3 N–H and O–H groups in total. The highest BCUT2D eigenvalue weighted by Crippen LogP contribution is 2.24. The number of nitrogens with one attached hydrogen (secondary N) is 3. The van der Waals surface area contributed by atoms with Crippen LogP contribution < -0.4 is 10.6 Å². The topological polar surface area (TPSA) is 100 Å². The second-order valence-electron chi connectivity index (χ2n) is 7.81. The van der Waals surface area contributed by atoms with E-state index in [0.717, 1.165) is 12.0 Å². The third-order valence-corrected chi connectivity index (χ3v) is 4.82. The molecular weight excluding hydrogens is 382 g/mol. The van der Waals surface area contributed by atoms with Crippen molar-refractivity contribution in [1.29, 1.82) is 0 Å². The van der Waals surface area contributed by atoms with Gasteiger partial charge in [0.1, 0.15) is 5.69 Å². The van der Waals surface area contributed by atoms with Crippen molar-refractivity contribution >= 4 is 23.5 Å². The summed E-state index contributed by atoms with van der Waals surface area (Å²) in [4.78, 5) is 40.4. The van der Waals surface area contributed by atoms with Crippen molar-refractivity contribution < 1.29 is 19.1 Å². The lowest BCUT2D eigenvalue weighted by Crippen LogP contribution is -2.27. The molecule has 0 saturated carbocycles. The zero-order valence-electron chi connectivity index (χ0n) is 18.6. The van der Waals surface area contributed by atoms with E-state index in [1.54, 1.807) is 25.1 Å². The van der Waals surface area contributed by atoms with Crippen molar-refractivity contribution in [2.24, 2.45) is 5.92 Å². The van der Waals surface area contributed by atoms with E-state index in [2.05, 4.69) is 15.6 Å². The molecule has 2 amide bonds. The Morgan fingerprint density at radius 2 is 1.83 bits per heavy atom. The normalized spacial score (nSPS) is 10.8. The molecule has 2 aromatic rings. The third-order valence-electron chi connectivity index (χ3n) is 4.82. The highest BCUT2D eigenvalue weighted by atomic mass is 16.5. The molecule has 7 heteroatoms. The average Bonchev–Trinajstić information content (AvgIpc) is 3.03. The number of aromatic amines is 1. The van der Waals surface area contributed by atoms with Gasteiger partial charge in [0, 0.05) is 23.5 Å². The SMILES string of the molecule is CCCc1c(C(=O)Nc2ccc(C(=O)NCC(C)C)cc2C)[nH]c(C)c1C(=O)OC. The largest absolute Gasteiger partial charge is 0.465 e. The van der Waals surface area contributed by atoms with E-state index in [4.69, 9.17) is 4.74 Å². The van der Waals surface area contributed by atoms with Gasteiger partial charge in [-0.2, -0.15) is 0 Å². The molecule has 1 heterocycles. The van der Waals surface area contributed by atoms with Gasteiger partial charge in [-0.25, -0.2) is 4.79 Å². The fourth-order valence-electron chi connectivity index (χ4n) is 3.28. The van der Waals surface area contributed by atoms with E-state index in [0.29, 0.717) is 52.6 Å². The number of hydrogen-bond acceptors (Lipinski definition) is 4. The Kier molecular flexibility index (Phi) is 7.80. The Bertz CT molecular complexity index is 944. The van der Waals surface area contributed by atoms with Crippen LogP contribution in [-0.4, -0.2) is 36.4 Å². The molecule has 0 unspecified atom stereocenters. The first-order chi connectivity index (χ1) is 14.2. The molecule has 0 aliphatic rings. The second kappa shape index (κ2) is 10.1. The van der Waals surface area contributed by atoms with Gasteiger partial charge < -0.3 is 20.4 Å². The zero-order chi connectivity index (χ0) is 22.4. The van der Waals surface area contributed by atoms with E-state index >= 15 is 0 Å². The number of H-pyrrole nitrogens is 1. The first-order valence-electron chi connectivity index (χ1n) is 10.2. The van der Waals surface area contributed by atoms with Crippen LogP contribution in [-0.2, 0) is 11.2 Å². The average molecular weight is 414 g/mol. The molecule has 0 saturated heterocycles. The number of rotatable bonds is 8. The van der Waals surface area contributed by atoms with Gasteiger partial charge in [-0.1, -0.05) is 27.2 Å². The van der Waals surface area contributed by atoms with E-state index in [-0.39, 0.29) is 11.8 Å². The van der Waals surface area contributed by atoms with Crippen LogP contribution in [0.5, 0.6) is 0 Å². The fourth-order valence-corrected chi connectivity index (χ4v) is 3.28. The van der Waals surface area contributed by atoms with Gasteiger partial charge in [-0.05, 0) is 55.5 Å². The number of anilines is 1. The van der Waals surface area contributed by atoms with Crippen LogP contribution in [0.1, 0.15) is 75.2 Å². The monoisotopic (exact) mass is 413 g/mol. The highest BCUT2D eigenvalue weighted by molar-refractivity contribution is 6.07. The summed E-state index contributed by atoms with van der Waals surface area (Å²) in [5.41, 5.74) is 3.95. The van der Waals surface area contributed by atoms with E-state index in [9.17, 15) is 14.4 Å². The summed E-state index contributed by atoms with van der Waals surface area (Å²) in [6.45, 7) is 10.2. The van der Waals surface area contributed by atoms with Crippen molar-refractivity contribution in [2.45, 2.75) is 47.5 Å². The van der Waals surface area contributed by atoms with Gasteiger partial charge in [-0.15, -0.1) is 0 Å². The van der Waals surface area contributed by atoms with Crippen LogP contribution in [0.2, 0.25) is 0 Å². The van der Waals surface area contributed by atoms with Crippen molar-refractivity contribution in [3.63, 3.8) is 0 Å². The van der Waals surface area contributed by atoms with E-state index in [1.165, 1.54) is 7.11 Å². The van der Waals surface area contributed by atoms with E-state index < -0.39 is 5.97 Å². The summed E-state index contributed by atoms with van der Waals surface area (Å²) in [6, 6.07) is 5.15. The van der Waals surface area contributed by atoms with Crippen LogP contribution in [0.3, 0.4) is 0 Å². The Morgan fingerprint density at radius 3 is 2.40 bits per heavy atom. The maximum absolute atomic E-state index is 13.0. The predicted molar refractivity (Wildman–Crippen MR) is 117 cm³/mol. The number of benzene rings is 1. The molecular formula is C23H31N3O4. The number of aryl methyl sites for hydroxylation is 2. The van der Waals surface area contributed by atoms with Crippen molar-refractivity contribution in [3.8, 4) is 0 Å². The Balaban J connectivity index is 2.26. The summed E-state index contributed by atoms with van der Waals surface area (Å²) in [5, 5.41) is 5.77. The molecule has 162 valence electrons. The first-order valence-corrected chi connectivity index (χ1v) is 10.2. The lowest BCUT2D eigenvalue weighted by Gasteiger charge is -2.12. The summed E-state index contributed by atoms with van der Waals surface area (Å²) >= 11 is 0. The van der Waals surface area contributed by atoms with Crippen LogP contribution >= 0.6 is 0 Å². The quantitative estimate of drug-likeness (QED) is 0.569. The van der Waals surface area contributed by atoms with Crippen molar-refractivity contribution in [3.05, 3.63) is 51.8 Å². The Hall–Kier alpha value is -3.09. The molecule has 1 aromatic heterocycles. The number of carbonyl (C=O) groups is 3. The Labute approximate surface area is 177 Å². The Morgan fingerprint density at radius 1 is 1.13 bits per heavy atom. The third kappa shape index (κ3) is 5.28. The number of esters is 1. The second-order valence-corrected chi connectivity index (χ2v) is 7.81. The highest BCUT2D eigenvalue weighted by Gasteiger charge is 2.25. The summed E-state index contributed by atoms with van der Waals surface area (Å²) in [7, 11) is 1.33. The number of carbonyl (C=O) groups excluding carboxylic acids is 3. The zero-order valence-corrected chi connectivity index (χ0v) is 18.6. The minimum Gasteiger partial charge on any atom is -0.465 e. The lowest BCUT2D eigenvalue weighted by atomic mass is 10.0. The van der Waals surface area contributed by atoms with Gasteiger partial charge in [0.2, 0.25) is 0 Å². The molecule has 2 rings (SSSR count). The van der Waals surface area contributed by atoms with Crippen LogP contribution in [0.25, 0.3) is 0 Å². The van der Waals surface area contributed by atoms with Gasteiger partial charge in [0.05, 0.1) is 12.7 Å². The molecule has 0 spiro atoms. The number of aromatic nitrogens is 1. The minimum atomic E-state index is -0.459. The molecule has 0 atom stereocenters. The molecule has 7 nitrogen and oxygen atoms in total. The molecule has 0 bridgehead atoms. The van der Waals surface area contributed by atoms with Gasteiger partial charge in [0.15, 0.2) is 0 Å². The standard InChI is InChI=1S/C23H31N3O4/c1-7-8-17-19(23(29)30-6)15(5)25-20(17)22(28)26-18-10-9-16(11-14(18)4)21(27)24-12-13(2)3/h9-11,13,25H,7-8,12H2,1-6H3,(H,24,27)(H,26,28). The van der Waals surface area contributed by atoms with Crippen molar-refractivity contribution in [1.82, 2.24) is 10.3 Å². The summed E-state index contributed by atoms with van der Waals surface area (Å²) < 4.78 is 4.88. The van der Waals surface area contributed by atoms with Crippen molar-refractivity contribution in [2.75, 3.05) is 19.0 Å². The van der Waals surface area contributed by atoms with E-state index in [1.807, 2.05) is 27.7 Å². The number of hydrogen-bond donors (Lipinski definition) is 3. The fraction of sp³-hybridized carbons (Fsp3) is 0.435. The minimum absolute atomic E-state index is 0.141. The number of ether oxygens (including phenoxy) is 1. The lowest BCUT2D eigenvalue weighted by molar-refractivity contribution is 0.0598. The summed E-state index contributed by atoms with van der Waals surface area (Å²) in [5.74, 6) is -0.571. The van der Waals surface area contributed by atoms with Crippen LogP contribution in [0, 0.1) is 19.8 Å². The number of methoxy groups -OCH3 is 1. The smallest absolute Gasteiger partial charge is 0.339 e. The molecule has 0 radical (unpaired) electrons.